The molecule has 2 aromatic rings. The van der Waals surface area contributed by atoms with Crippen LogP contribution in [-0.4, -0.2) is 29.4 Å². The van der Waals surface area contributed by atoms with E-state index in [2.05, 4.69) is 4.98 Å². The van der Waals surface area contributed by atoms with Crippen LogP contribution in [0.5, 0.6) is 5.75 Å². The molecular weight excluding hydrogens is 266 g/mol. The Morgan fingerprint density at radius 1 is 1.29 bits per heavy atom. The summed E-state index contributed by atoms with van der Waals surface area (Å²) in [6.45, 7) is 0.852. The molecule has 0 saturated carbocycles. The summed E-state index contributed by atoms with van der Waals surface area (Å²) < 4.78 is 5.52. The minimum absolute atomic E-state index is 0.0216. The van der Waals surface area contributed by atoms with Gasteiger partial charge in [0.1, 0.15) is 5.75 Å². The number of benzene rings is 1. The van der Waals surface area contributed by atoms with E-state index in [0.29, 0.717) is 31.0 Å². The summed E-state index contributed by atoms with van der Waals surface area (Å²) in [5, 5.41) is 0. The highest BCUT2D eigenvalue weighted by atomic mass is 16.5. The van der Waals surface area contributed by atoms with Gasteiger partial charge in [-0.05, 0) is 23.8 Å². The Morgan fingerprint density at radius 2 is 2.10 bits per heavy atom. The molecule has 2 N–H and O–H groups in total. The number of nitrogens with two attached hydrogens (primary N) is 1. The standard InChI is InChI=1S/C16H19N3O2/c1-19(12-13-5-4-9-18-11-13)16(20)8-10-21-15-7-3-2-6-14(15)17/h2-7,9,11H,8,10,12,17H2,1H3. The highest BCUT2D eigenvalue weighted by molar-refractivity contribution is 5.76. The highest BCUT2D eigenvalue weighted by Gasteiger charge is 2.10. The van der Waals surface area contributed by atoms with Crippen LogP contribution in [0.15, 0.2) is 48.8 Å². The minimum Gasteiger partial charge on any atom is -0.491 e. The third-order valence-corrected chi connectivity index (χ3v) is 3.06. The number of hydrogen-bond donors (Lipinski definition) is 1. The predicted molar refractivity (Wildman–Crippen MR) is 81.7 cm³/mol. The molecule has 1 heterocycles. The van der Waals surface area contributed by atoms with Crippen LogP contribution in [0.1, 0.15) is 12.0 Å². The predicted octanol–water partition coefficient (Wildman–Crippen LogP) is 2.09. The van der Waals surface area contributed by atoms with Gasteiger partial charge >= 0.3 is 0 Å². The molecule has 0 aliphatic heterocycles. The third-order valence-electron chi connectivity index (χ3n) is 3.06. The quantitative estimate of drug-likeness (QED) is 0.825. The molecule has 5 heteroatoms. The fraction of sp³-hybridized carbons (Fsp3) is 0.250. The van der Waals surface area contributed by atoms with Gasteiger partial charge in [-0.2, -0.15) is 0 Å². The smallest absolute Gasteiger partial charge is 0.226 e. The van der Waals surface area contributed by atoms with Gasteiger partial charge in [0, 0.05) is 26.0 Å². The molecule has 0 saturated heterocycles. The lowest BCUT2D eigenvalue weighted by Gasteiger charge is -2.17. The second kappa shape index (κ2) is 7.28. The normalized spacial score (nSPS) is 10.1. The van der Waals surface area contributed by atoms with Crippen LogP contribution in [-0.2, 0) is 11.3 Å². The Balaban J connectivity index is 1.78. The number of nitrogens with zero attached hydrogens (tertiary/aromatic N) is 2. The average molecular weight is 285 g/mol. The number of carbonyl (C=O) groups is 1. The Kier molecular flexibility index (Phi) is 5.15. The van der Waals surface area contributed by atoms with Crippen LogP contribution in [0.3, 0.4) is 0 Å². The molecule has 110 valence electrons. The van der Waals surface area contributed by atoms with Gasteiger partial charge in [-0.15, -0.1) is 0 Å². The fourth-order valence-electron chi connectivity index (χ4n) is 1.90. The van der Waals surface area contributed by atoms with Gasteiger partial charge in [0.15, 0.2) is 0 Å². The second-order valence-corrected chi connectivity index (χ2v) is 4.75. The topological polar surface area (TPSA) is 68.5 Å². The van der Waals surface area contributed by atoms with Gasteiger partial charge < -0.3 is 15.4 Å². The number of pyridine rings is 1. The van der Waals surface area contributed by atoms with Crippen molar-refractivity contribution in [2.75, 3.05) is 19.4 Å². The fourth-order valence-corrected chi connectivity index (χ4v) is 1.90. The summed E-state index contributed by atoms with van der Waals surface area (Å²) >= 11 is 0. The molecule has 0 radical (unpaired) electrons. The number of carbonyl (C=O) groups excluding carboxylic acids is 1. The molecule has 0 aliphatic rings. The van der Waals surface area contributed by atoms with Crippen molar-refractivity contribution in [3.05, 3.63) is 54.4 Å². The van der Waals surface area contributed by atoms with E-state index in [9.17, 15) is 4.79 Å². The van der Waals surface area contributed by atoms with E-state index in [1.165, 1.54) is 0 Å². The summed E-state index contributed by atoms with van der Waals surface area (Å²) in [7, 11) is 1.77. The molecule has 1 aromatic carbocycles. The molecule has 5 nitrogen and oxygen atoms in total. The molecule has 2 rings (SSSR count). The summed E-state index contributed by atoms with van der Waals surface area (Å²) in [6, 6.07) is 11.1. The molecule has 0 aliphatic carbocycles. The largest absolute Gasteiger partial charge is 0.491 e. The summed E-state index contributed by atoms with van der Waals surface area (Å²) in [4.78, 5) is 17.7. The molecule has 0 fully saturated rings. The van der Waals surface area contributed by atoms with Crippen LogP contribution >= 0.6 is 0 Å². The van der Waals surface area contributed by atoms with Crippen LogP contribution < -0.4 is 10.5 Å². The summed E-state index contributed by atoms with van der Waals surface area (Å²) in [5.41, 5.74) is 7.35. The van der Waals surface area contributed by atoms with E-state index in [-0.39, 0.29) is 5.91 Å². The number of ether oxygens (including phenoxy) is 1. The van der Waals surface area contributed by atoms with Crippen LogP contribution in [0.4, 0.5) is 5.69 Å². The van der Waals surface area contributed by atoms with E-state index < -0.39 is 0 Å². The first-order chi connectivity index (χ1) is 10.2. The first-order valence-electron chi connectivity index (χ1n) is 6.77. The van der Waals surface area contributed by atoms with E-state index in [1.807, 2.05) is 24.3 Å². The zero-order valence-electron chi connectivity index (χ0n) is 12.0. The lowest BCUT2D eigenvalue weighted by Crippen LogP contribution is -2.27. The SMILES string of the molecule is CN(Cc1cccnc1)C(=O)CCOc1ccccc1N. The maximum absolute atomic E-state index is 12.0. The molecule has 21 heavy (non-hydrogen) atoms. The van der Waals surface area contributed by atoms with Crippen molar-refractivity contribution >= 4 is 11.6 Å². The Morgan fingerprint density at radius 3 is 2.81 bits per heavy atom. The minimum atomic E-state index is 0.0216. The van der Waals surface area contributed by atoms with Crippen molar-refractivity contribution in [3.63, 3.8) is 0 Å². The van der Waals surface area contributed by atoms with E-state index in [4.69, 9.17) is 10.5 Å². The van der Waals surface area contributed by atoms with Crippen molar-refractivity contribution in [3.8, 4) is 5.75 Å². The van der Waals surface area contributed by atoms with Crippen LogP contribution in [0.2, 0.25) is 0 Å². The van der Waals surface area contributed by atoms with Crippen molar-refractivity contribution in [2.24, 2.45) is 0 Å². The van der Waals surface area contributed by atoms with Crippen molar-refractivity contribution in [2.45, 2.75) is 13.0 Å². The van der Waals surface area contributed by atoms with Crippen molar-refractivity contribution in [1.29, 1.82) is 0 Å². The Bertz CT molecular complexity index is 587. The lowest BCUT2D eigenvalue weighted by molar-refractivity contribution is -0.130. The maximum atomic E-state index is 12.0. The Hall–Kier alpha value is -2.56. The van der Waals surface area contributed by atoms with Gasteiger partial charge in [-0.3, -0.25) is 9.78 Å². The van der Waals surface area contributed by atoms with Crippen molar-refractivity contribution in [1.82, 2.24) is 9.88 Å². The molecule has 1 aromatic heterocycles. The van der Waals surface area contributed by atoms with Gasteiger partial charge in [-0.25, -0.2) is 0 Å². The van der Waals surface area contributed by atoms with Gasteiger partial charge in [0.25, 0.3) is 0 Å². The molecular formula is C16H19N3O2. The van der Waals surface area contributed by atoms with Gasteiger partial charge in [-0.1, -0.05) is 18.2 Å². The Labute approximate surface area is 124 Å². The number of rotatable bonds is 6. The van der Waals surface area contributed by atoms with Crippen molar-refractivity contribution < 1.29 is 9.53 Å². The summed E-state index contributed by atoms with van der Waals surface area (Å²) in [5.74, 6) is 0.633. The second-order valence-electron chi connectivity index (χ2n) is 4.75. The van der Waals surface area contributed by atoms with Crippen LogP contribution in [0, 0.1) is 0 Å². The van der Waals surface area contributed by atoms with E-state index in [0.717, 1.165) is 5.56 Å². The number of aromatic nitrogens is 1. The third kappa shape index (κ3) is 4.49. The van der Waals surface area contributed by atoms with E-state index in [1.54, 1.807) is 36.5 Å². The van der Waals surface area contributed by atoms with Gasteiger partial charge in [0.2, 0.25) is 5.91 Å². The van der Waals surface area contributed by atoms with E-state index >= 15 is 0 Å². The maximum Gasteiger partial charge on any atom is 0.226 e. The monoisotopic (exact) mass is 285 g/mol. The number of amides is 1. The number of hydrogen-bond acceptors (Lipinski definition) is 4. The molecule has 0 atom stereocenters. The number of anilines is 1. The first kappa shape index (κ1) is 14.8. The highest BCUT2D eigenvalue weighted by Crippen LogP contribution is 2.19. The zero-order chi connectivity index (χ0) is 15.1. The van der Waals surface area contributed by atoms with Crippen LogP contribution in [0.25, 0.3) is 0 Å². The zero-order valence-corrected chi connectivity index (χ0v) is 12.0. The molecule has 0 unspecified atom stereocenters. The number of para-hydroxylation sites is 2. The first-order valence-corrected chi connectivity index (χ1v) is 6.77. The summed E-state index contributed by atoms with van der Waals surface area (Å²) in [6.07, 6.45) is 3.78. The lowest BCUT2D eigenvalue weighted by atomic mass is 10.2. The molecule has 0 spiro atoms. The molecule has 1 amide bonds. The number of nitrogen functional groups attached to an aromatic ring is 1. The molecule has 0 bridgehead atoms. The van der Waals surface area contributed by atoms with Gasteiger partial charge in [0.05, 0.1) is 18.7 Å². The average Bonchev–Trinajstić information content (AvgIpc) is 2.50.